The van der Waals surface area contributed by atoms with E-state index in [-0.39, 0.29) is 18.4 Å². The number of rotatable bonds is 14. The maximum absolute atomic E-state index is 13.7. The quantitative estimate of drug-likeness (QED) is 0.303. The minimum absolute atomic E-state index is 0.0241. The molecule has 2 heterocycles. The third kappa shape index (κ3) is 9.08. The molecule has 2 aromatic carbocycles. The van der Waals surface area contributed by atoms with Crippen LogP contribution in [-0.2, 0) is 28.9 Å². The van der Waals surface area contributed by atoms with Crippen molar-refractivity contribution < 1.29 is 18.7 Å². The Hall–Kier alpha value is -3.42. The number of nitrogens with zero attached hydrogens (tertiary/aromatic N) is 3. The number of carbonyl (C=O) groups excluding carboxylic acids is 2. The van der Waals surface area contributed by atoms with Crippen LogP contribution in [-0.4, -0.2) is 79.0 Å². The SMILES string of the molecule is CCCCc1ccc(C(=O)N(CCN2CCOCC2)CC(=O)N(CCc2ccccc2)Cc2ccco2)cc1. The Morgan fingerprint density at radius 2 is 1.59 bits per heavy atom. The zero-order valence-corrected chi connectivity index (χ0v) is 23.1. The molecule has 0 radical (unpaired) electrons. The first-order valence-electron chi connectivity index (χ1n) is 14.1. The van der Waals surface area contributed by atoms with Gasteiger partial charge in [0.2, 0.25) is 5.91 Å². The molecule has 3 aromatic rings. The van der Waals surface area contributed by atoms with Gasteiger partial charge in [0.1, 0.15) is 12.3 Å². The van der Waals surface area contributed by atoms with Gasteiger partial charge in [-0.1, -0.05) is 55.8 Å². The maximum atomic E-state index is 13.7. The normalized spacial score (nSPS) is 13.8. The highest BCUT2D eigenvalue weighted by Crippen LogP contribution is 2.13. The Morgan fingerprint density at radius 3 is 2.28 bits per heavy atom. The van der Waals surface area contributed by atoms with Gasteiger partial charge in [-0.3, -0.25) is 14.5 Å². The molecule has 1 aliphatic rings. The minimum atomic E-state index is -0.111. The van der Waals surface area contributed by atoms with Crippen LogP contribution in [0.1, 0.15) is 47.0 Å². The van der Waals surface area contributed by atoms with Gasteiger partial charge < -0.3 is 19.0 Å². The molecule has 1 aromatic heterocycles. The molecule has 0 atom stereocenters. The molecule has 1 saturated heterocycles. The van der Waals surface area contributed by atoms with Gasteiger partial charge in [-0.15, -0.1) is 0 Å². The van der Waals surface area contributed by atoms with E-state index in [2.05, 4.69) is 24.0 Å². The maximum Gasteiger partial charge on any atom is 0.254 e. The van der Waals surface area contributed by atoms with Crippen LogP contribution in [0.25, 0.3) is 0 Å². The number of hydrogen-bond donors (Lipinski definition) is 0. The minimum Gasteiger partial charge on any atom is -0.467 e. The van der Waals surface area contributed by atoms with Gasteiger partial charge in [0.25, 0.3) is 5.91 Å². The molecule has 208 valence electrons. The summed E-state index contributed by atoms with van der Waals surface area (Å²) < 4.78 is 11.0. The first-order chi connectivity index (χ1) is 19.1. The second-order valence-corrected chi connectivity index (χ2v) is 10.1. The largest absolute Gasteiger partial charge is 0.467 e. The van der Waals surface area contributed by atoms with E-state index < -0.39 is 0 Å². The highest BCUT2D eigenvalue weighted by atomic mass is 16.5. The van der Waals surface area contributed by atoms with Crippen molar-refractivity contribution in [1.29, 1.82) is 0 Å². The Morgan fingerprint density at radius 1 is 0.846 bits per heavy atom. The molecule has 0 aliphatic carbocycles. The molecule has 0 saturated carbocycles. The lowest BCUT2D eigenvalue weighted by Gasteiger charge is -2.31. The van der Waals surface area contributed by atoms with E-state index >= 15 is 0 Å². The zero-order chi connectivity index (χ0) is 27.3. The van der Waals surface area contributed by atoms with Gasteiger partial charge in [-0.2, -0.15) is 0 Å². The summed E-state index contributed by atoms with van der Waals surface area (Å²) in [5.74, 6) is 0.530. The van der Waals surface area contributed by atoms with Gasteiger partial charge in [-0.25, -0.2) is 0 Å². The number of amides is 2. The average Bonchev–Trinajstić information content (AvgIpc) is 3.50. The van der Waals surface area contributed by atoms with E-state index in [4.69, 9.17) is 9.15 Å². The molecule has 0 unspecified atom stereocenters. The Labute approximate surface area is 232 Å². The summed E-state index contributed by atoms with van der Waals surface area (Å²) in [6.45, 7) is 7.37. The molecular weight excluding hydrogens is 490 g/mol. The van der Waals surface area contributed by atoms with Crippen LogP contribution >= 0.6 is 0 Å². The van der Waals surface area contributed by atoms with Crippen molar-refractivity contribution in [2.75, 3.05) is 52.5 Å². The molecule has 7 heteroatoms. The summed E-state index contributed by atoms with van der Waals surface area (Å²) in [7, 11) is 0. The summed E-state index contributed by atoms with van der Waals surface area (Å²) in [5, 5.41) is 0. The number of furan rings is 1. The smallest absolute Gasteiger partial charge is 0.254 e. The molecule has 0 spiro atoms. The third-order valence-electron chi connectivity index (χ3n) is 7.22. The standard InChI is InChI=1S/C32H41N3O4/c1-2-3-8-28-12-14-29(15-13-28)32(37)35(19-18-33-20-23-38-24-21-33)26-31(36)34(25-30-11-7-22-39-30)17-16-27-9-5-4-6-10-27/h4-7,9-15,22H,2-3,8,16-21,23-26H2,1H3. The molecule has 1 aliphatic heterocycles. The van der Waals surface area contributed by atoms with Crippen LogP contribution < -0.4 is 0 Å². The highest BCUT2D eigenvalue weighted by molar-refractivity contribution is 5.96. The highest BCUT2D eigenvalue weighted by Gasteiger charge is 2.24. The first-order valence-corrected chi connectivity index (χ1v) is 14.1. The third-order valence-corrected chi connectivity index (χ3v) is 7.22. The predicted molar refractivity (Wildman–Crippen MR) is 152 cm³/mol. The van der Waals surface area contributed by atoms with Crippen LogP contribution in [0.5, 0.6) is 0 Å². The Balaban J connectivity index is 1.47. The van der Waals surface area contributed by atoms with Gasteiger partial charge in [0, 0.05) is 38.3 Å². The van der Waals surface area contributed by atoms with Gasteiger partial charge in [0.05, 0.1) is 26.0 Å². The number of carbonyl (C=O) groups is 2. The van der Waals surface area contributed by atoms with Crippen molar-refractivity contribution >= 4 is 11.8 Å². The summed E-state index contributed by atoms with van der Waals surface area (Å²) in [4.78, 5) is 33.2. The number of ether oxygens (including phenoxy) is 1. The van der Waals surface area contributed by atoms with Gasteiger partial charge in [0.15, 0.2) is 0 Å². The fourth-order valence-electron chi connectivity index (χ4n) is 4.77. The fraction of sp³-hybridized carbons (Fsp3) is 0.438. The lowest BCUT2D eigenvalue weighted by Crippen LogP contribution is -2.47. The van der Waals surface area contributed by atoms with Crippen molar-refractivity contribution in [3.05, 3.63) is 95.4 Å². The van der Waals surface area contributed by atoms with E-state index in [9.17, 15) is 9.59 Å². The lowest BCUT2D eigenvalue weighted by molar-refractivity contribution is -0.132. The summed E-state index contributed by atoms with van der Waals surface area (Å²) >= 11 is 0. The molecule has 2 amide bonds. The van der Waals surface area contributed by atoms with Crippen LogP contribution in [0.4, 0.5) is 0 Å². The molecule has 0 N–H and O–H groups in total. The summed E-state index contributed by atoms with van der Waals surface area (Å²) in [6.07, 6.45) is 5.62. The molecule has 39 heavy (non-hydrogen) atoms. The Kier molecular flexibility index (Phi) is 11.2. The Bertz CT molecular complexity index is 1130. The predicted octanol–water partition coefficient (Wildman–Crippen LogP) is 4.67. The molecular formula is C32H41N3O4. The summed E-state index contributed by atoms with van der Waals surface area (Å²) in [5.41, 5.74) is 3.01. The monoisotopic (exact) mass is 531 g/mol. The zero-order valence-electron chi connectivity index (χ0n) is 23.1. The molecule has 0 bridgehead atoms. The van der Waals surface area contributed by atoms with Crippen LogP contribution in [0.2, 0.25) is 0 Å². The van der Waals surface area contributed by atoms with Gasteiger partial charge >= 0.3 is 0 Å². The summed E-state index contributed by atoms with van der Waals surface area (Å²) in [6, 6.07) is 21.7. The first kappa shape index (κ1) is 28.6. The van der Waals surface area contributed by atoms with Crippen LogP contribution in [0.15, 0.2) is 77.4 Å². The van der Waals surface area contributed by atoms with Crippen molar-refractivity contribution in [1.82, 2.24) is 14.7 Å². The van der Waals surface area contributed by atoms with Crippen LogP contribution in [0, 0.1) is 0 Å². The van der Waals surface area contributed by atoms with Crippen molar-refractivity contribution in [3.63, 3.8) is 0 Å². The van der Waals surface area contributed by atoms with Crippen LogP contribution in [0.3, 0.4) is 0 Å². The van der Waals surface area contributed by atoms with E-state index in [1.165, 1.54) is 5.56 Å². The number of aryl methyl sites for hydroxylation is 1. The number of unbranched alkanes of at least 4 members (excludes halogenated alkanes) is 1. The number of hydrogen-bond acceptors (Lipinski definition) is 5. The van der Waals surface area contributed by atoms with E-state index in [1.54, 1.807) is 16.1 Å². The molecule has 1 fully saturated rings. The average molecular weight is 532 g/mol. The van der Waals surface area contributed by atoms with Crippen molar-refractivity contribution in [2.24, 2.45) is 0 Å². The van der Waals surface area contributed by atoms with Gasteiger partial charge in [-0.05, 0) is 54.7 Å². The topological polar surface area (TPSA) is 66.2 Å². The van der Waals surface area contributed by atoms with Crippen molar-refractivity contribution in [2.45, 2.75) is 39.2 Å². The van der Waals surface area contributed by atoms with Crippen molar-refractivity contribution in [3.8, 4) is 0 Å². The fourth-order valence-corrected chi connectivity index (χ4v) is 4.77. The number of morpholine rings is 1. The second-order valence-electron chi connectivity index (χ2n) is 10.1. The molecule has 4 rings (SSSR count). The molecule has 7 nitrogen and oxygen atoms in total. The number of benzene rings is 2. The second kappa shape index (κ2) is 15.2. The van der Waals surface area contributed by atoms with E-state index in [1.807, 2.05) is 54.6 Å². The van der Waals surface area contributed by atoms with E-state index in [0.29, 0.717) is 45.0 Å². The lowest BCUT2D eigenvalue weighted by atomic mass is 10.1. The van der Waals surface area contributed by atoms with E-state index in [0.717, 1.165) is 50.1 Å².